The van der Waals surface area contributed by atoms with Crippen LogP contribution >= 0.6 is 0 Å². The second-order valence-electron chi connectivity index (χ2n) is 11.5. The Morgan fingerprint density at radius 3 is 1.59 bits per heavy atom. The minimum absolute atomic E-state index is 0.247. The largest absolute Gasteiger partial charge is 0.459 e. The maximum Gasteiger partial charge on any atom is 0.419 e. The fraction of sp³-hybridized carbons (Fsp3) is 0.880. The first kappa shape index (κ1) is 30.9. The highest BCUT2D eigenvalue weighted by molar-refractivity contribution is 5.87. The zero-order chi connectivity index (χ0) is 27.1. The first-order valence-electron chi connectivity index (χ1n) is 11.7. The Bertz CT molecular complexity index is 736. The van der Waals surface area contributed by atoms with Crippen molar-refractivity contribution in [3.63, 3.8) is 0 Å². The van der Waals surface area contributed by atoms with Crippen molar-refractivity contribution in [3.8, 4) is 0 Å². The van der Waals surface area contributed by atoms with Gasteiger partial charge in [0.2, 0.25) is 0 Å². The number of hydrogen-bond donors (Lipinski definition) is 2. The van der Waals surface area contributed by atoms with E-state index in [1.54, 1.807) is 34.6 Å². The lowest BCUT2D eigenvalue weighted by atomic mass is 9.74. The third-order valence-electron chi connectivity index (χ3n) is 7.25. The van der Waals surface area contributed by atoms with E-state index in [1.165, 1.54) is 13.8 Å². The Morgan fingerprint density at radius 1 is 0.882 bits per heavy atom. The molecule has 0 aromatic rings. The van der Waals surface area contributed by atoms with E-state index >= 15 is 0 Å². The molecule has 0 bridgehead atoms. The van der Waals surface area contributed by atoms with E-state index < -0.39 is 52.9 Å². The molecule has 1 rings (SSSR count). The topological polar surface area (TPSA) is 85.2 Å². The third-order valence-corrected chi connectivity index (χ3v) is 7.25. The summed E-state index contributed by atoms with van der Waals surface area (Å²) in [4.78, 5) is 12.2. The Labute approximate surface area is 201 Å². The summed E-state index contributed by atoms with van der Waals surface area (Å²) in [5.74, 6) is -1.22. The molecule has 0 saturated heterocycles. The molecule has 0 radical (unpaired) electrons. The first-order chi connectivity index (χ1) is 14.9. The summed E-state index contributed by atoms with van der Waals surface area (Å²) in [6, 6.07) is 0. The number of hydrogen-bond acceptors (Lipinski definition) is 6. The second kappa shape index (κ2) is 10.1. The maximum absolute atomic E-state index is 13.4. The van der Waals surface area contributed by atoms with Crippen molar-refractivity contribution in [1.29, 1.82) is 0 Å². The molecule has 0 aliphatic heterocycles. The molecule has 1 saturated carbocycles. The van der Waals surface area contributed by atoms with Gasteiger partial charge in [0.25, 0.3) is 0 Å². The van der Waals surface area contributed by atoms with Crippen LogP contribution in [0.5, 0.6) is 0 Å². The van der Waals surface area contributed by atoms with E-state index in [0.29, 0.717) is 19.8 Å². The van der Waals surface area contributed by atoms with Gasteiger partial charge in [-0.05, 0) is 93.9 Å². The van der Waals surface area contributed by atoms with Crippen molar-refractivity contribution in [2.75, 3.05) is 0 Å². The maximum atomic E-state index is 13.4. The summed E-state index contributed by atoms with van der Waals surface area (Å²) in [5, 5.41) is 20.5. The van der Waals surface area contributed by atoms with E-state index in [9.17, 15) is 28.2 Å². The van der Waals surface area contributed by atoms with Crippen LogP contribution in [0.2, 0.25) is 0 Å². The average Bonchev–Trinajstić information content (AvgIpc) is 3.04. The van der Waals surface area contributed by atoms with Crippen molar-refractivity contribution < 1.29 is 42.4 Å². The number of aliphatic hydroxyl groups is 2. The molecule has 0 amide bonds. The monoisotopic (exact) mass is 496 g/mol. The number of carbonyl (C=O) groups is 1. The van der Waals surface area contributed by atoms with Gasteiger partial charge >= 0.3 is 12.1 Å². The third kappa shape index (κ3) is 7.18. The molecule has 0 heterocycles. The zero-order valence-electron chi connectivity index (χ0n) is 22.2. The highest BCUT2D eigenvalue weighted by atomic mass is 19.4. The molecule has 2 N–H and O–H groups in total. The lowest BCUT2D eigenvalue weighted by Gasteiger charge is -2.46. The molecule has 1 fully saturated rings. The van der Waals surface area contributed by atoms with Crippen molar-refractivity contribution in [2.45, 2.75) is 129 Å². The Morgan fingerprint density at radius 2 is 1.26 bits per heavy atom. The minimum atomic E-state index is -4.87. The molecule has 6 atom stereocenters. The molecule has 0 aromatic carbocycles. The van der Waals surface area contributed by atoms with Gasteiger partial charge in [0.1, 0.15) is 6.10 Å². The fourth-order valence-electron chi connectivity index (χ4n) is 4.45. The van der Waals surface area contributed by atoms with Gasteiger partial charge < -0.3 is 24.4 Å². The molecular formula is C25H43F3O6. The molecule has 34 heavy (non-hydrogen) atoms. The highest BCUT2D eigenvalue weighted by Gasteiger charge is 2.57. The Balaban J connectivity index is 3.29. The van der Waals surface area contributed by atoms with Crippen LogP contribution in [0.15, 0.2) is 12.2 Å². The number of alkyl halides is 3. The van der Waals surface area contributed by atoms with Crippen LogP contribution in [0.25, 0.3) is 0 Å². The van der Waals surface area contributed by atoms with E-state index in [2.05, 4.69) is 6.58 Å². The fourth-order valence-corrected chi connectivity index (χ4v) is 4.45. The summed E-state index contributed by atoms with van der Waals surface area (Å²) in [5.41, 5.74) is -5.90. The van der Waals surface area contributed by atoms with Gasteiger partial charge in [0.15, 0.2) is 5.60 Å². The van der Waals surface area contributed by atoms with E-state index in [1.807, 2.05) is 13.8 Å². The first-order valence-corrected chi connectivity index (χ1v) is 11.7. The van der Waals surface area contributed by atoms with Crippen molar-refractivity contribution in [1.82, 2.24) is 0 Å². The van der Waals surface area contributed by atoms with E-state index in [-0.39, 0.29) is 17.4 Å². The molecule has 0 spiro atoms. The molecule has 200 valence electrons. The normalized spacial score (nSPS) is 26.0. The minimum Gasteiger partial charge on any atom is -0.459 e. The number of esters is 1. The number of carbonyl (C=O) groups excluding carboxylic acids is 1. The Kier molecular flexibility index (Phi) is 9.14. The molecular weight excluding hydrogens is 453 g/mol. The molecule has 6 nitrogen and oxygen atoms in total. The predicted octanol–water partition coefficient (Wildman–Crippen LogP) is 4.95. The van der Waals surface area contributed by atoms with Crippen LogP contribution in [0.3, 0.4) is 0 Å². The van der Waals surface area contributed by atoms with Gasteiger partial charge in [-0.15, -0.1) is 0 Å². The summed E-state index contributed by atoms with van der Waals surface area (Å²) in [6.45, 7) is 19.1. The standard InChI is InChI=1S/C25H43F3O6/c1-14(2)20(29)32-17-12-18(22(7,8)33-15(3)21(5,6)30)19(13-17)23(9,10)34-16(4)24(11,31)25(26,27)28/h15-19,30-31H,1,12-13H2,2-11H3. The van der Waals surface area contributed by atoms with Crippen molar-refractivity contribution in [3.05, 3.63) is 12.2 Å². The van der Waals surface area contributed by atoms with E-state index in [0.717, 1.165) is 0 Å². The van der Waals surface area contributed by atoms with Crippen LogP contribution in [0, 0.1) is 11.8 Å². The molecule has 9 heteroatoms. The highest BCUT2D eigenvalue weighted by Crippen LogP contribution is 2.50. The smallest absolute Gasteiger partial charge is 0.419 e. The van der Waals surface area contributed by atoms with Crippen molar-refractivity contribution in [2.24, 2.45) is 11.8 Å². The van der Waals surface area contributed by atoms with Crippen LogP contribution in [-0.2, 0) is 19.0 Å². The predicted molar refractivity (Wildman–Crippen MR) is 123 cm³/mol. The van der Waals surface area contributed by atoms with Crippen LogP contribution in [-0.4, -0.2) is 63.1 Å². The summed E-state index contributed by atoms with van der Waals surface area (Å²) in [7, 11) is 0. The SMILES string of the molecule is C=C(C)C(=O)OC1CC(C(C)(C)OC(C)C(C)(C)O)C(C(C)(C)OC(C)C(C)(O)C(F)(F)F)C1. The van der Waals surface area contributed by atoms with Gasteiger partial charge in [-0.1, -0.05) is 6.58 Å². The van der Waals surface area contributed by atoms with Crippen LogP contribution < -0.4 is 0 Å². The second-order valence-corrected chi connectivity index (χ2v) is 11.5. The molecule has 1 aliphatic rings. The average molecular weight is 497 g/mol. The quantitative estimate of drug-likeness (QED) is 0.329. The van der Waals surface area contributed by atoms with E-state index in [4.69, 9.17) is 14.2 Å². The number of ether oxygens (including phenoxy) is 3. The lowest BCUT2D eigenvalue weighted by Crippen LogP contribution is -2.56. The molecule has 1 aliphatic carbocycles. The summed E-state index contributed by atoms with van der Waals surface area (Å²) < 4.78 is 57.9. The summed E-state index contributed by atoms with van der Waals surface area (Å²) >= 11 is 0. The van der Waals surface area contributed by atoms with Crippen molar-refractivity contribution >= 4 is 5.97 Å². The molecule has 0 aromatic heterocycles. The van der Waals surface area contributed by atoms with Gasteiger partial charge in [0, 0.05) is 5.57 Å². The van der Waals surface area contributed by atoms with Crippen LogP contribution in [0.4, 0.5) is 13.2 Å². The van der Waals surface area contributed by atoms with Gasteiger partial charge in [-0.25, -0.2) is 4.79 Å². The van der Waals surface area contributed by atoms with Gasteiger partial charge in [-0.3, -0.25) is 0 Å². The number of rotatable bonds is 10. The lowest BCUT2D eigenvalue weighted by molar-refractivity contribution is -0.302. The van der Waals surface area contributed by atoms with Crippen LogP contribution in [0.1, 0.15) is 82.1 Å². The Hall–Kier alpha value is -1.16. The number of halogens is 3. The molecule has 6 unspecified atom stereocenters. The zero-order valence-corrected chi connectivity index (χ0v) is 22.2. The van der Waals surface area contributed by atoms with Gasteiger partial charge in [0.05, 0.1) is 29.0 Å². The summed E-state index contributed by atoms with van der Waals surface area (Å²) in [6.07, 6.45) is -6.76. The van der Waals surface area contributed by atoms with Gasteiger partial charge in [-0.2, -0.15) is 13.2 Å².